The van der Waals surface area contributed by atoms with Crippen molar-refractivity contribution in [1.82, 2.24) is 10.2 Å². The molecule has 2 aromatic rings. The van der Waals surface area contributed by atoms with Gasteiger partial charge in [-0.25, -0.2) is 0 Å². The molecule has 0 atom stereocenters. The third-order valence-electron chi connectivity index (χ3n) is 3.91. The molecule has 3 rings (SSSR count). The molecule has 3 amide bonds. The number of carbonyl (C=O) groups is 3. The Morgan fingerprint density at radius 3 is 2.40 bits per heavy atom. The number of imide groups is 1. The third kappa shape index (κ3) is 3.67. The number of hydrogen-bond acceptors (Lipinski definition) is 3. The zero-order chi connectivity index (χ0) is 18.0. The van der Waals surface area contributed by atoms with Crippen LogP contribution in [0.2, 0.25) is 10.0 Å². The first kappa shape index (κ1) is 17.5. The van der Waals surface area contributed by atoms with Gasteiger partial charge in [-0.1, -0.05) is 41.4 Å². The fourth-order valence-corrected chi connectivity index (χ4v) is 2.98. The van der Waals surface area contributed by atoms with Crippen molar-refractivity contribution >= 4 is 40.9 Å². The second-order valence-corrected chi connectivity index (χ2v) is 6.42. The van der Waals surface area contributed by atoms with Crippen LogP contribution in [-0.4, -0.2) is 29.2 Å². The third-order valence-corrected chi connectivity index (χ3v) is 4.48. The topological polar surface area (TPSA) is 66.5 Å². The van der Waals surface area contributed by atoms with Gasteiger partial charge in [0.1, 0.15) is 0 Å². The predicted octanol–water partition coefficient (Wildman–Crippen LogP) is 3.30. The molecule has 0 aromatic heterocycles. The summed E-state index contributed by atoms with van der Waals surface area (Å²) in [6, 6.07) is 11.9. The number of benzene rings is 2. The van der Waals surface area contributed by atoms with E-state index in [4.69, 9.17) is 23.2 Å². The summed E-state index contributed by atoms with van der Waals surface area (Å²) in [5.41, 5.74) is 1.39. The van der Waals surface area contributed by atoms with Crippen LogP contribution in [0, 0.1) is 0 Å². The molecule has 128 valence electrons. The Hall–Kier alpha value is -2.37. The first-order valence-electron chi connectivity index (χ1n) is 7.63. The Morgan fingerprint density at radius 1 is 1.00 bits per heavy atom. The summed E-state index contributed by atoms with van der Waals surface area (Å²) >= 11 is 11.8. The molecule has 0 unspecified atom stereocenters. The largest absolute Gasteiger partial charge is 0.352 e. The van der Waals surface area contributed by atoms with Crippen molar-refractivity contribution in [1.29, 1.82) is 0 Å². The van der Waals surface area contributed by atoms with Crippen LogP contribution < -0.4 is 5.32 Å². The Labute approximate surface area is 154 Å². The number of hydrogen-bond donors (Lipinski definition) is 1. The molecule has 0 fully saturated rings. The number of carbonyl (C=O) groups excluding carboxylic acids is 3. The maximum Gasteiger partial charge on any atom is 0.263 e. The van der Waals surface area contributed by atoms with Gasteiger partial charge in [0.15, 0.2) is 0 Å². The standard InChI is InChI=1S/C18H14Cl2N2O3/c19-12-6-4-11(5-7-12)10-21-15(23)8-9-22-17(24)13-2-1-3-14(20)16(13)18(22)25/h1-7H,8-10H2,(H,21,23). The summed E-state index contributed by atoms with van der Waals surface area (Å²) in [5, 5.41) is 3.61. The lowest BCUT2D eigenvalue weighted by atomic mass is 10.1. The molecule has 0 saturated heterocycles. The zero-order valence-corrected chi connectivity index (χ0v) is 14.6. The summed E-state index contributed by atoms with van der Waals surface area (Å²) in [6.07, 6.45) is 0.0245. The van der Waals surface area contributed by atoms with Crippen LogP contribution in [0.3, 0.4) is 0 Å². The first-order valence-corrected chi connectivity index (χ1v) is 8.39. The van der Waals surface area contributed by atoms with Crippen molar-refractivity contribution in [3.05, 3.63) is 69.2 Å². The minimum atomic E-state index is -0.462. The van der Waals surface area contributed by atoms with E-state index >= 15 is 0 Å². The highest BCUT2D eigenvalue weighted by atomic mass is 35.5. The molecule has 2 aromatic carbocycles. The first-order chi connectivity index (χ1) is 12.0. The van der Waals surface area contributed by atoms with Crippen molar-refractivity contribution in [3.63, 3.8) is 0 Å². The zero-order valence-electron chi connectivity index (χ0n) is 13.1. The second-order valence-electron chi connectivity index (χ2n) is 5.58. The fourth-order valence-electron chi connectivity index (χ4n) is 2.60. The highest BCUT2D eigenvalue weighted by Gasteiger charge is 2.36. The van der Waals surface area contributed by atoms with E-state index in [1.54, 1.807) is 30.3 Å². The lowest BCUT2D eigenvalue weighted by Gasteiger charge is -2.13. The van der Waals surface area contributed by atoms with Crippen molar-refractivity contribution in [2.75, 3.05) is 6.54 Å². The molecule has 0 bridgehead atoms. The van der Waals surface area contributed by atoms with Gasteiger partial charge in [0, 0.05) is 24.5 Å². The van der Waals surface area contributed by atoms with Crippen LogP contribution in [0.5, 0.6) is 0 Å². The van der Waals surface area contributed by atoms with Crippen LogP contribution in [0.4, 0.5) is 0 Å². The molecule has 0 spiro atoms. The van der Waals surface area contributed by atoms with Crippen molar-refractivity contribution in [2.45, 2.75) is 13.0 Å². The summed E-state index contributed by atoms with van der Waals surface area (Å²) in [5.74, 6) is -1.14. The average Bonchev–Trinajstić information content (AvgIpc) is 2.84. The number of amides is 3. The molecule has 1 N–H and O–H groups in total. The van der Waals surface area contributed by atoms with E-state index < -0.39 is 11.8 Å². The maximum atomic E-state index is 12.3. The number of rotatable bonds is 5. The van der Waals surface area contributed by atoms with Gasteiger partial charge in [0.25, 0.3) is 11.8 Å². The van der Waals surface area contributed by atoms with Crippen LogP contribution in [0.1, 0.15) is 32.7 Å². The molecule has 7 heteroatoms. The number of halogens is 2. The van der Waals surface area contributed by atoms with Gasteiger partial charge in [0.2, 0.25) is 5.91 Å². The van der Waals surface area contributed by atoms with Crippen molar-refractivity contribution < 1.29 is 14.4 Å². The summed E-state index contributed by atoms with van der Waals surface area (Å²) in [7, 11) is 0. The highest BCUT2D eigenvalue weighted by molar-refractivity contribution is 6.37. The lowest BCUT2D eigenvalue weighted by molar-refractivity contribution is -0.121. The van der Waals surface area contributed by atoms with E-state index in [9.17, 15) is 14.4 Å². The van der Waals surface area contributed by atoms with E-state index in [1.165, 1.54) is 0 Å². The number of nitrogens with one attached hydrogen (secondary N) is 1. The monoisotopic (exact) mass is 376 g/mol. The minimum Gasteiger partial charge on any atom is -0.352 e. The molecule has 1 aliphatic rings. The summed E-state index contributed by atoms with van der Waals surface area (Å²) in [6.45, 7) is 0.360. The maximum absolute atomic E-state index is 12.3. The highest BCUT2D eigenvalue weighted by Crippen LogP contribution is 2.29. The van der Waals surface area contributed by atoms with Gasteiger partial charge in [-0.2, -0.15) is 0 Å². The van der Waals surface area contributed by atoms with Gasteiger partial charge in [0.05, 0.1) is 16.1 Å². The molecule has 1 heterocycles. The number of fused-ring (bicyclic) bond motifs is 1. The molecule has 0 saturated carbocycles. The van der Waals surface area contributed by atoms with Crippen LogP contribution in [0.25, 0.3) is 0 Å². The van der Waals surface area contributed by atoms with Gasteiger partial charge in [-0.3, -0.25) is 19.3 Å². The predicted molar refractivity (Wildman–Crippen MR) is 94.7 cm³/mol. The van der Waals surface area contributed by atoms with Gasteiger partial charge < -0.3 is 5.32 Å². The van der Waals surface area contributed by atoms with Crippen LogP contribution in [-0.2, 0) is 11.3 Å². The molecule has 0 aliphatic carbocycles. The van der Waals surface area contributed by atoms with E-state index in [0.717, 1.165) is 10.5 Å². The smallest absolute Gasteiger partial charge is 0.263 e. The van der Waals surface area contributed by atoms with Crippen LogP contribution in [0.15, 0.2) is 42.5 Å². The van der Waals surface area contributed by atoms with E-state index in [-0.39, 0.29) is 35.0 Å². The second kappa shape index (κ2) is 7.25. The molecule has 1 aliphatic heterocycles. The lowest BCUT2D eigenvalue weighted by Crippen LogP contribution is -2.34. The van der Waals surface area contributed by atoms with E-state index in [0.29, 0.717) is 11.6 Å². The van der Waals surface area contributed by atoms with Gasteiger partial charge >= 0.3 is 0 Å². The van der Waals surface area contributed by atoms with Gasteiger partial charge in [-0.05, 0) is 29.8 Å². The van der Waals surface area contributed by atoms with Crippen molar-refractivity contribution in [3.8, 4) is 0 Å². The Morgan fingerprint density at radius 2 is 1.72 bits per heavy atom. The quantitative estimate of drug-likeness (QED) is 0.814. The Balaban J connectivity index is 1.56. The molecule has 5 nitrogen and oxygen atoms in total. The normalized spacial score (nSPS) is 13.1. The Kier molecular flexibility index (Phi) is 5.06. The SMILES string of the molecule is O=C(CCN1C(=O)c2cccc(Cl)c2C1=O)NCc1ccc(Cl)cc1. The van der Waals surface area contributed by atoms with Crippen molar-refractivity contribution in [2.24, 2.45) is 0 Å². The van der Waals surface area contributed by atoms with E-state index in [1.807, 2.05) is 12.1 Å². The summed E-state index contributed by atoms with van der Waals surface area (Å²) < 4.78 is 0. The van der Waals surface area contributed by atoms with E-state index in [2.05, 4.69) is 5.32 Å². The average molecular weight is 377 g/mol. The molecular formula is C18H14Cl2N2O3. The van der Waals surface area contributed by atoms with Gasteiger partial charge in [-0.15, -0.1) is 0 Å². The summed E-state index contributed by atoms with van der Waals surface area (Å²) in [4.78, 5) is 37.6. The molecular weight excluding hydrogens is 363 g/mol. The van der Waals surface area contributed by atoms with Crippen LogP contribution >= 0.6 is 23.2 Å². The molecule has 0 radical (unpaired) electrons. The minimum absolute atomic E-state index is 0.00905. The Bertz CT molecular complexity index is 850. The number of nitrogens with zero attached hydrogens (tertiary/aromatic N) is 1. The fraction of sp³-hybridized carbons (Fsp3) is 0.167. The molecule has 25 heavy (non-hydrogen) atoms.